The Labute approximate surface area is 133 Å². The number of rotatable bonds is 5. The number of amides is 1. The number of hydrogen-bond donors (Lipinski definition) is 2. The highest BCUT2D eigenvalue weighted by Crippen LogP contribution is 2.23. The summed E-state index contributed by atoms with van der Waals surface area (Å²) >= 11 is 3.44. The van der Waals surface area contributed by atoms with Gasteiger partial charge in [0.25, 0.3) is 5.91 Å². The number of hydrogen-bond acceptors (Lipinski definition) is 3. The van der Waals surface area contributed by atoms with Crippen LogP contribution in [0.25, 0.3) is 0 Å². The number of aryl methyl sites for hydroxylation is 1. The number of nitrogens with one attached hydrogen (secondary N) is 2. The topological polar surface area (TPSA) is 54.0 Å². The molecule has 0 aliphatic carbocycles. The van der Waals surface area contributed by atoms with Crippen molar-refractivity contribution < 1.29 is 4.79 Å². The molecule has 1 heterocycles. The van der Waals surface area contributed by atoms with Crippen molar-refractivity contribution >= 4 is 33.2 Å². The summed E-state index contributed by atoms with van der Waals surface area (Å²) in [6, 6.07) is 9.36. The molecule has 4 nitrogen and oxygen atoms in total. The maximum Gasteiger partial charge on any atom is 0.274 e. The Balaban J connectivity index is 2.06. The second-order valence-electron chi connectivity index (χ2n) is 4.80. The number of benzene rings is 1. The van der Waals surface area contributed by atoms with Crippen molar-refractivity contribution in [3.8, 4) is 0 Å². The molecule has 0 saturated carbocycles. The van der Waals surface area contributed by atoms with Crippen LogP contribution in [0.1, 0.15) is 29.4 Å². The standard InChI is InChI=1S/C16H18BrN3O/c1-3-8-18-12-5-7-15(19-10-12)16(21)20-14-6-4-11(2)9-13(14)17/h4-7,9-10,18H,3,8H2,1-2H3,(H,20,21). The second-order valence-corrected chi connectivity index (χ2v) is 5.65. The zero-order valence-corrected chi connectivity index (χ0v) is 13.7. The molecule has 0 aliphatic heterocycles. The average molecular weight is 348 g/mol. The number of pyridine rings is 1. The van der Waals surface area contributed by atoms with Crippen LogP contribution in [-0.4, -0.2) is 17.4 Å². The van der Waals surface area contributed by atoms with Crippen LogP contribution in [0.5, 0.6) is 0 Å². The number of aromatic nitrogens is 1. The molecule has 0 atom stereocenters. The van der Waals surface area contributed by atoms with Gasteiger partial charge in [0.05, 0.1) is 17.6 Å². The van der Waals surface area contributed by atoms with Gasteiger partial charge in [-0.3, -0.25) is 4.79 Å². The van der Waals surface area contributed by atoms with Crippen molar-refractivity contribution in [1.82, 2.24) is 4.98 Å². The molecule has 1 amide bonds. The summed E-state index contributed by atoms with van der Waals surface area (Å²) in [6.07, 6.45) is 2.72. The van der Waals surface area contributed by atoms with Gasteiger partial charge in [0.15, 0.2) is 0 Å². The van der Waals surface area contributed by atoms with Gasteiger partial charge in [-0.05, 0) is 59.1 Å². The van der Waals surface area contributed by atoms with Gasteiger partial charge in [0, 0.05) is 11.0 Å². The number of anilines is 2. The van der Waals surface area contributed by atoms with Crippen molar-refractivity contribution in [2.45, 2.75) is 20.3 Å². The zero-order valence-electron chi connectivity index (χ0n) is 12.1. The fourth-order valence-corrected chi connectivity index (χ4v) is 2.40. The first-order valence-electron chi connectivity index (χ1n) is 6.87. The molecule has 0 unspecified atom stereocenters. The van der Waals surface area contributed by atoms with Crippen molar-refractivity contribution in [3.05, 3.63) is 52.3 Å². The SMILES string of the molecule is CCCNc1ccc(C(=O)Nc2ccc(C)cc2Br)nc1. The Morgan fingerprint density at radius 3 is 2.71 bits per heavy atom. The van der Waals surface area contributed by atoms with Crippen LogP contribution in [0.15, 0.2) is 41.0 Å². The van der Waals surface area contributed by atoms with E-state index in [1.54, 1.807) is 12.3 Å². The third kappa shape index (κ3) is 4.29. The summed E-state index contributed by atoms with van der Waals surface area (Å²) in [5.41, 5.74) is 3.18. The summed E-state index contributed by atoms with van der Waals surface area (Å²) in [4.78, 5) is 16.3. The van der Waals surface area contributed by atoms with E-state index in [1.165, 1.54) is 0 Å². The largest absolute Gasteiger partial charge is 0.384 e. The molecular formula is C16H18BrN3O. The van der Waals surface area contributed by atoms with Gasteiger partial charge in [-0.15, -0.1) is 0 Å². The third-order valence-electron chi connectivity index (χ3n) is 2.95. The molecule has 2 aromatic rings. The normalized spacial score (nSPS) is 10.2. The van der Waals surface area contributed by atoms with Crippen LogP contribution in [-0.2, 0) is 0 Å². The van der Waals surface area contributed by atoms with Crippen LogP contribution < -0.4 is 10.6 Å². The second kappa shape index (κ2) is 7.22. The molecule has 2 N–H and O–H groups in total. The van der Waals surface area contributed by atoms with E-state index >= 15 is 0 Å². The van der Waals surface area contributed by atoms with Gasteiger partial charge in [0.2, 0.25) is 0 Å². The highest BCUT2D eigenvalue weighted by atomic mass is 79.9. The molecule has 1 aromatic heterocycles. The van der Waals surface area contributed by atoms with E-state index in [0.717, 1.165) is 34.4 Å². The molecule has 0 aliphatic rings. The van der Waals surface area contributed by atoms with Crippen molar-refractivity contribution in [3.63, 3.8) is 0 Å². The van der Waals surface area contributed by atoms with Gasteiger partial charge in [-0.25, -0.2) is 4.98 Å². The maximum atomic E-state index is 12.2. The summed E-state index contributed by atoms with van der Waals surface area (Å²) in [6.45, 7) is 4.99. The minimum atomic E-state index is -0.221. The Morgan fingerprint density at radius 1 is 1.29 bits per heavy atom. The molecular weight excluding hydrogens is 330 g/mol. The van der Waals surface area contributed by atoms with Crippen molar-refractivity contribution in [2.75, 3.05) is 17.2 Å². The molecule has 0 saturated heterocycles. The maximum absolute atomic E-state index is 12.2. The predicted molar refractivity (Wildman–Crippen MR) is 89.8 cm³/mol. The third-order valence-corrected chi connectivity index (χ3v) is 3.60. The number of carbonyl (C=O) groups excluding carboxylic acids is 1. The first-order chi connectivity index (χ1) is 10.1. The molecule has 0 bridgehead atoms. The summed E-state index contributed by atoms with van der Waals surface area (Å²) in [5, 5.41) is 6.07. The summed E-state index contributed by atoms with van der Waals surface area (Å²) in [7, 11) is 0. The molecule has 1 aromatic carbocycles. The Hall–Kier alpha value is -1.88. The predicted octanol–water partition coefficient (Wildman–Crippen LogP) is 4.23. The molecule has 0 radical (unpaired) electrons. The minimum absolute atomic E-state index is 0.221. The van der Waals surface area contributed by atoms with E-state index in [0.29, 0.717) is 5.69 Å². The lowest BCUT2D eigenvalue weighted by Crippen LogP contribution is -2.14. The van der Waals surface area contributed by atoms with E-state index < -0.39 is 0 Å². The monoisotopic (exact) mass is 347 g/mol. The summed E-state index contributed by atoms with van der Waals surface area (Å²) in [5.74, 6) is -0.221. The first kappa shape index (κ1) is 15.5. The van der Waals surface area contributed by atoms with E-state index in [9.17, 15) is 4.79 Å². The van der Waals surface area contributed by atoms with Crippen LogP contribution >= 0.6 is 15.9 Å². The van der Waals surface area contributed by atoms with Gasteiger partial charge in [-0.1, -0.05) is 13.0 Å². The Kier molecular flexibility index (Phi) is 5.33. The highest BCUT2D eigenvalue weighted by Gasteiger charge is 2.09. The lowest BCUT2D eigenvalue weighted by molar-refractivity contribution is 0.102. The van der Waals surface area contributed by atoms with Gasteiger partial charge in [-0.2, -0.15) is 0 Å². The smallest absolute Gasteiger partial charge is 0.274 e. The molecule has 0 spiro atoms. The van der Waals surface area contributed by atoms with Crippen LogP contribution in [0.3, 0.4) is 0 Å². The molecule has 2 rings (SSSR count). The zero-order chi connectivity index (χ0) is 15.2. The minimum Gasteiger partial charge on any atom is -0.384 e. The van der Waals surface area contributed by atoms with Crippen LogP contribution in [0.4, 0.5) is 11.4 Å². The van der Waals surface area contributed by atoms with Crippen molar-refractivity contribution in [2.24, 2.45) is 0 Å². The molecule has 0 fully saturated rings. The Morgan fingerprint density at radius 2 is 2.10 bits per heavy atom. The quantitative estimate of drug-likeness (QED) is 0.850. The average Bonchev–Trinajstić information content (AvgIpc) is 2.48. The van der Waals surface area contributed by atoms with E-state index in [4.69, 9.17) is 0 Å². The fraction of sp³-hybridized carbons (Fsp3) is 0.250. The van der Waals surface area contributed by atoms with E-state index in [1.807, 2.05) is 31.2 Å². The lowest BCUT2D eigenvalue weighted by Gasteiger charge is -2.08. The number of carbonyl (C=O) groups is 1. The van der Waals surface area contributed by atoms with Crippen LogP contribution in [0, 0.1) is 6.92 Å². The highest BCUT2D eigenvalue weighted by molar-refractivity contribution is 9.10. The molecule has 110 valence electrons. The fourth-order valence-electron chi connectivity index (χ4n) is 1.81. The molecule has 21 heavy (non-hydrogen) atoms. The van der Waals surface area contributed by atoms with Gasteiger partial charge in [0.1, 0.15) is 5.69 Å². The molecule has 5 heteroatoms. The van der Waals surface area contributed by atoms with E-state index in [-0.39, 0.29) is 5.91 Å². The number of nitrogens with zero attached hydrogens (tertiary/aromatic N) is 1. The van der Waals surface area contributed by atoms with Crippen molar-refractivity contribution in [1.29, 1.82) is 0 Å². The van der Waals surface area contributed by atoms with Crippen LogP contribution in [0.2, 0.25) is 0 Å². The lowest BCUT2D eigenvalue weighted by atomic mass is 10.2. The van der Waals surface area contributed by atoms with Gasteiger partial charge >= 0.3 is 0 Å². The van der Waals surface area contributed by atoms with E-state index in [2.05, 4.69) is 38.5 Å². The summed E-state index contributed by atoms with van der Waals surface area (Å²) < 4.78 is 0.858. The van der Waals surface area contributed by atoms with Gasteiger partial charge < -0.3 is 10.6 Å². The number of halogens is 1. The first-order valence-corrected chi connectivity index (χ1v) is 7.67. The Bertz CT molecular complexity index is 626.